The summed E-state index contributed by atoms with van der Waals surface area (Å²) in [4.78, 5) is 34.9. The van der Waals surface area contributed by atoms with Gasteiger partial charge in [-0.3, -0.25) is 14.4 Å². The molecule has 2 rings (SSSR count). The van der Waals surface area contributed by atoms with Crippen LogP contribution < -0.4 is 15.6 Å². The lowest BCUT2D eigenvalue weighted by Gasteiger charge is -2.19. The number of rotatable bonds is 8. The zero-order valence-corrected chi connectivity index (χ0v) is 16.4. The molecule has 1 aromatic heterocycles. The van der Waals surface area contributed by atoms with Crippen LogP contribution >= 0.6 is 0 Å². The number of carbonyl (C=O) groups excluding carboxylic acids is 2. The van der Waals surface area contributed by atoms with Crippen molar-refractivity contribution in [3.05, 3.63) is 64.6 Å². The number of amides is 1. The van der Waals surface area contributed by atoms with Gasteiger partial charge >= 0.3 is 5.97 Å². The molecule has 0 saturated carbocycles. The van der Waals surface area contributed by atoms with Crippen LogP contribution in [0.2, 0.25) is 0 Å². The Morgan fingerprint density at radius 2 is 1.79 bits per heavy atom. The van der Waals surface area contributed by atoms with E-state index in [4.69, 9.17) is 9.47 Å². The summed E-state index contributed by atoms with van der Waals surface area (Å²) in [6, 6.07) is 12.4. The normalized spacial score (nSPS) is 11.0. The molecule has 0 aliphatic rings. The van der Waals surface area contributed by atoms with Gasteiger partial charge in [0.1, 0.15) is 18.9 Å². The van der Waals surface area contributed by atoms with Crippen molar-refractivity contribution < 1.29 is 19.1 Å². The van der Waals surface area contributed by atoms with E-state index in [-0.39, 0.29) is 24.1 Å². The molecule has 0 bridgehead atoms. The summed E-state index contributed by atoms with van der Waals surface area (Å²) < 4.78 is 11.7. The maximum atomic E-state index is 11.7. The number of nitrogens with zero attached hydrogens (tertiary/aromatic N) is 1. The molecule has 7 heteroatoms. The van der Waals surface area contributed by atoms with Crippen molar-refractivity contribution in [2.45, 2.75) is 32.7 Å². The molecular weight excluding hydrogens is 360 g/mol. The van der Waals surface area contributed by atoms with Crippen LogP contribution in [-0.2, 0) is 26.3 Å². The van der Waals surface area contributed by atoms with Gasteiger partial charge in [0.15, 0.2) is 6.61 Å². The molecule has 0 fully saturated rings. The zero-order valence-electron chi connectivity index (χ0n) is 16.4. The van der Waals surface area contributed by atoms with Crippen LogP contribution in [0.25, 0.3) is 0 Å². The minimum absolute atomic E-state index is 0.0816. The van der Waals surface area contributed by atoms with Gasteiger partial charge in [0.25, 0.3) is 11.5 Å². The van der Waals surface area contributed by atoms with Crippen LogP contribution in [0.15, 0.2) is 53.5 Å². The highest BCUT2D eigenvalue weighted by Gasteiger charge is 2.13. The van der Waals surface area contributed by atoms with Gasteiger partial charge in [0.2, 0.25) is 0 Å². The lowest BCUT2D eigenvalue weighted by atomic mass is 9.87. The number of carbonyl (C=O) groups is 2. The average Bonchev–Trinajstić information content (AvgIpc) is 2.65. The van der Waals surface area contributed by atoms with Crippen LogP contribution in [0, 0.1) is 0 Å². The third-order valence-corrected chi connectivity index (χ3v) is 3.98. The molecule has 2 aromatic rings. The molecule has 150 valence electrons. The summed E-state index contributed by atoms with van der Waals surface area (Å²) in [5.41, 5.74) is 0.988. The molecule has 0 aliphatic heterocycles. The molecule has 0 aliphatic carbocycles. The second-order valence-electron chi connectivity index (χ2n) is 7.30. The van der Waals surface area contributed by atoms with Crippen molar-refractivity contribution in [3.63, 3.8) is 0 Å². The number of pyridine rings is 1. The van der Waals surface area contributed by atoms with Gasteiger partial charge < -0.3 is 19.4 Å². The van der Waals surface area contributed by atoms with Crippen LogP contribution in [0.5, 0.6) is 5.75 Å². The first-order chi connectivity index (χ1) is 13.3. The van der Waals surface area contributed by atoms with Gasteiger partial charge in [-0.2, -0.15) is 0 Å². The van der Waals surface area contributed by atoms with Crippen molar-refractivity contribution >= 4 is 11.9 Å². The highest BCUT2D eigenvalue weighted by Crippen LogP contribution is 2.24. The van der Waals surface area contributed by atoms with Crippen molar-refractivity contribution in [3.8, 4) is 5.75 Å². The molecule has 1 heterocycles. The van der Waals surface area contributed by atoms with E-state index < -0.39 is 18.5 Å². The minimum atomic E-state index is -0.654. The minimum Gasteiger partial charge on any atom is -0.492 e. The van der Waals surface area contributed by atoms with E-state index in [2.05, 4.69) is 26.1 Å². The Kier molecular flexibility index (Phi) is 7.37. The highest BCUT2D eigenvalue weighted by atomic mass is 16.5. The van der Waals surface area contributed by atoms with Crippen LogP contribution in [-0.4, -0.2) is 36.2 Å². The van der Waals surface area contributed by atoms with Gasteiger partial charge in [0.05, 0.1) is 6.54 Å². The fourth-order valence-corrected chi connectivity index (χ4v) is 2.38. The van der Waals surface area contributed by atoms with E-state index in [1.165, 1.54) is 22.4 Å². The summed E-state index contributed by atoms with van der Waals surface area (Å²) in [6.07, 6.45) is 1.48. The van der Waals surface area contributed by atoms with E-state index in [9.17, 15) is 14.4 Å². The fourth-order valence-electron chi connectivity index (χ4n) is 2.38. The van der Waals surface area contributed by atoms with Gasteiger partial charge in [-0.05, 0) is 29.2 Å². The smallest absolute Gasteiger partial charge is 0.326 e. The molecule has 0 spiro atoms. The first-order valence-electron chi connectivity index (χ1n) is 9.07. The number of esters is 1. The molecule has 1 aromatic carbocycles. The van der Waals surface area contributed by atoms with E-state index in [1.807, 2.05) is 24.3 Å². The highest BCUT2D eigenvalue weighted by molar-refractivity contribution is 5.80. The number of benzene rings is 1. The summed E-state index contributed by atoms with van der Waals surface area (Å²) in [7, 11) is 0. The third kappa shape index (κ3) is 6.90. The van der Waals surface area contributed by atoms with Crippen molar-refractivity contribution in [1.29, 1.82) is 0 Å². The predicted octanol–water partition coefficient (Wildman–Crippen LogP) is 1.88. The molecule has 0 atom stereocenters. The summed E-state index contributed by atoms with van der Waals surface area (Å²) in [6.45, 7) is 6.38. The standard InChI is InChI=1S/C21H26N2O5/c1-21(2,3)16-7-9-17(10-8-16)27-13-11-22-18(24)15-28-20(26)14-23-12-5-4-6-19(23)25/h4-10,12H,11,13-15H2,1-3H3,(H,22,24). The fraction of sp³-hybridized carbons (Fsp3) is 0.381. The SMILES string of the molecule is CC(C)(C)c1ccc(OCCNC(=O)COC(=O)Cn2ccccc2=O)cc1. The molecular formula is C21H26N2O5. The van der Waals surface area contributed by atoms with Gasteiger partial charge in [-0.1, -0.05) is 39.0 Å². The second kappa shape index (κ2) is 9.73. The molecule has 1 amide bonds. The third-order valence-electron chi connectivity index (χ3n) is 3.98. The molecule has 0 saturated heterocycles. The summed E-state index contributed by atoms with van der Waals surface area (Å²) in [5, 5.41) is 2.61. The van der Waals surface area contributed by atoms with Gasteiger partial charge in [-0.15, -0.1) is 0 Å². The first kappa shape index (κ1) is 21.2. The second-order valence-corrected chi connectivity index (χ2v) is 7.30. The Hall–Kier alpha value is -3.09. The molecule has 7 nitrogen and oxygen atoms in total. The predicted molar refractivity (Wildman–Crippen MR) is 105 cm³/mol. The number of nitrogens with one attached hydrogen (secondary N) is 1. The zero-order chi connectivity index (χ0) is 20.6. The maximum absolute atomic E-state index is 11.7. The van der Waals surface area contributed by atoms with Crippen molar-refractivity contribution in [2.24, 2.45) is 0 Å². The number of ether oxygens (including phenoxy) is 2. The first-order valence-corrected chi connectivity index (χ1v) is 9.07. The summed E-state index contributed by atoms with van der Waals surface area (Å²) in [5.74, 6) is -0.360. The quantitative estimate of drug-likeness (QED) is 0.553. The Morgan fingerprint density at radius 1 is 1.07 bits per heavy atom. The van der Waals surface area contributed by atoms with Crippen LogP contribution in [0.3, 0.4) is 0 Å². The lowest BCUT2D eigenvalue weighted by molar-refractivity contribution is -0.149. The largest absolute Gasteiger partial charge is 0.492 e. The monoisotopic (exact) mass is 386 g/mol. The molecule has 1 N–H and O–H groups in total. The van der Waals surface area contributed by atoms with Gasteiger partial charge in [-0.25, -0.2) is 0 Å². The Bertz CT molecular complexity index is 850. The molecule has 0 radical (unpaired) electrons. The molecule has 0 unspecified atom stereocenters. The van der Waals surface area contributed by atoms with Crippen LogP contribution in [0.4, 0.5) is 0 Å². The topological polar surface area (TPSA) is 86.6 Å². The number of hydrogen-bond acceptors (Lipinski definition) is 5. The Morgan fingerprint density at radius 3 is 2.43 bits per heavy atom. The van der Waals surface area contributed by atoms with E-state index in [0.717, 1.165) is 5.75 Å². The maximum Gasteiger partial charge on any atom is 0.326 e. The molecule has 28 heavy (non-hydrogen) atoms. The van der Waals surface area contributed by atoms with E-state index in [1.54, 1.807) is 12.1 Å². The van der Waals surface area contributed by atoms with Gasteiger partial charge in [0, 0.05) is 12.3 Å². The van der Waals surface area contributed by atoms with E-state index >= 15 is 0 Å². The summed E-state index contributed by atoms with van der Waals surface area (Å²) >= 11 is 0. The Labute approximate surface area is 164 Å². The lowest BCUT2D eigenvalue weighted by Crippen LogP contribution is -2.33. The van der Waals surface area contributed by atoms with Crippen molar-refractivity contribution in [1.82, 2.24) is 9.88 Å². The number of aromatic nitrogens is 1. The van der Waals surface area contributed by atoms with E-state index in [0.29, 0.717) is 6.61 Å². The Balaban J connectivity index is 1.64. The average molecular weight is 386 g/mol. The van der Waals surface area contributed by atoms with Crippen molar-refractivity contribution in [2.75, 3.05) is 19.8 Å². The number of hydrogen-bond donors (Lipinski definition) is 1. The van der Waals surface area contributed by atoms with Crippen LogP contribution in [0.1, 0.15) is 26.3 Å².